The zero-order valence-electron chi connectivity index (χ0n) is 31.9. The summed E-state index contributed by atoms with van der Waals surface area (Å²) in [7, 11) is 0. The molecule has 0 amide bonds. The Hall–Kier alpha value is -2.05. The Balaban J connectivity index is 2.42. The van der Waals surface area contributed by atoms with Crippen LogP contribution >= 0.6 is 0 Å². The first-order chi connectivity index (χ1) is 24.7. The maximum atomic E-state index is 12.7. The molecule has 1 rings (SSSR count). The molecule has 1 saturated heterocycles. The van der Waals surface area contributed by atoms with Crippen LogP contribution in [0.25, 0.3) is 0 Å². The molecule has 6 atom stereocenters. The summed E-state index contributed by atoms with van der Waals surface area (Å²) >= 11 is 0. The number of carbonyl (C=O) groups excluding carboxylic acids is 2. The van der Waals surface area contributed by atoms with E-state index in [-0.39, 0.29) is 26.1 Å². The number of esters is 2. The fourth-order valence-corrected chi connectivity index (χ4v) is 6.09. The number of rotatable bonds is 33. The van der Waals surface area contributed by atoms with Crippen molar-refractivity contribution in [3.8, 4) is 0 Å². The molecule has 11 nitrogen and oxygen atoms in total. The zero-order valence-corrected chi connectivity index (χ0v) is 31.9. The number of aliphatic hydroxyl groups is 3. The summed E-state index contributed by atoms with van der Waals surface area (Å²) in [5.74, 6) is -2.45. The standard InChI is InChI=1S/C40H72O11/c1-3-5-7-9-11-13-15-16-17-19-21-23-25-27-29-34(42)50-32(31-49-40-37(45)35(43)36(44)38(51-40)39(46)47)30-48-33(41)28-26-24-22-20-18-14-12-10-8-6-4-2/h10,12,32,35-38,40,43-45H,3-9,11,13-31H2,1-2H3,(H,46,47)/b12-10-. The van der Waals surface area contributed by atoms with Crippen LogP contribution in [0.2, 0.25) is 0 Å². The van der Waals surface area contributed by atoms with Crippen molar-refractivity contribution in [1.29, 1.82) is 0 Å². The van der Waals surface area contributed by atoms with E-state index in [4.69, 9.17) is 18.9 Å². The fourth-order valence-electron chi connectivity index (χ4n) is 6.09. The third-order valence-electron chi connectivity index (χ3n) is 9.36. The van der Waals surface area contributed by atoms with Crippen molar-refractivity contribution in [2.75, 3.05) is 13.2 Å². The van der Waals surface area contributed by atoms with Gasteiger partial charge in [0.1, 0.15) is 24.9 Å². The number of ether oxygens (including phenoxy) is 4. The second kappa shape index (κ2) is 31.5. The SMILES string of the molecule is CCCC/C=C\CCCCCCCC(=O)OCC(COC1OC(C(=O)O)C(O)C(O)C1O)OC(=O)CCCCCCCCCCCCCCCC. The van der Waals surface area contributed by atoms with E-state index in [1.165, 1.54) is 77.0 Å². The van der Waals surface area contributed by atoms with Crippen molar-refractivity contribution in [3.05, 3.63) is 12.2 Å². The van der Waals surface area contributed by atoms with Crippen LogP contribution in [0.5, 0.6) is 0 Å². The van der Waals surface area contributed by atoms with Crippen LogP contribution in [-0.4, -0.2) is 88.4 Å². The van der Waals surface area contributed by atoms with Gasteiger partial charge in [0.25, 0.3) is 0 Å². The normalized spacial score (nSPS) is 21.2. The Labute approximate surface area is 307 Å². The molecule has 1 heterocycles. The fraction of sp³-hybridized carbons (Fsp3) is 0.875. The summed E-state index contributed by atoms with van der Waals surface area (Å²) in [6, 6.07) is 0. The van der Waals surface area contributed by atoms with Gasteiger partial charge in [-0.15, -0.1) is 0 Å². The van der Waals surface area contributed by atoms with E-state index in [0.29, 0.717) is 12.8 Å². The van der Waals surface area contributed by atoms with Crippen LogP contribution in [0.3, 0.4) is 0 Å². The van der Waals surface area contributed by atoms with Gasteiger partial charge in [0.2, 0.25) is 0 Å². The Bertz CT molecular complexity index is 911. The highest BCUT2D eigenvalue weighted by atomic mass is 16.7. The second-order valence-corrected chi connectivity index (χ2v) is 14.1. The first-order valence-electron chi connectivity index (χ1n) is 20.2. The summed E-state index contributed by atoms with van der Waals surface area (Å²) < 4.78 is 21.6. The lowest BCUT2D eigenvalue weighted by Gasteiger charge is -2.38. The molecular weight excluding hydrogens is 656 g/mol. The van der Waals surface area contributed by atoms with Crippen LogP contribution in [0.15, 0.2) is 12.2 Å². The molecule has 1 aliphatic rings. The number of carbonyl (C=O) groups is 3. The highest BCUT2D eigenvalue weighted by Crippen LogP contribution is 2.23. The van der Waals surface area contributed by atoms with Crippen LogP contribution < -0.4 is 0 Å². The van der Waals surface area contributed by atoms with Gasteiger partial charge in [-0.25, -0.2) is 4.79 Å². The molecular formula is C40H72O11. The monoisotopic (exact) mass is 729 g/mol. The third kappa shape index (κ3) is 24.0. The van der Waals surface area contributed by atoms with Gasteiger partial charge < -0.3 is 39.4 Å². The first-order valence-corrected chi connectivity index (χ1v) is 20.2. The number of allylic oxidation sites excluding steroid dienone is 2. The average molecular weight is 729 g/mol. The highest BCUT2D eigenvalue weighted by molar-refractivity contribution is 5.73. The topological polar surface area (TPSA) is 169 Å². The molecule has 11 heteroatoms. The molecule has 0 aromatic rings. The minimum Gasteiger partial charge on any atom is -0.479 e. The van der Waals surface area contributed by atoms with E-state index >= 15 is 0 Å². The number of aliphatic carboxylic acids is 1. The van der Waals surface area contributed by atoms with E-state index in [2.05, 4.69) is 26.0 Å². The van der Waals surface area contributed by atoms with Gasteiger partial charge in [0.15, 0.2) is 18.5 Å². The molecule has 1 aliphatic heterocycles. The van der Waals surface area contributed by atoms with Gasteiger partial charge in [0.05, 0.1) is 6.61 Å². The summed E-state index contributed by atoms with van der Waals surface area (Å²) in [5.41, 5.74) is 0. The maximum Gasteiger partial charge on any atom is 0.335 e. The van der Waals surface area contributed by atoms with E-state index in [1.54, 1.807) is 0 Å². The van der Waals surface area contributed by atoms with Crippen molar-refractivity contribution in [2.45, 2.75) is 211 Å². The number of hydrogen-bond acceptors (Lipinski definition) is 10. The van der Waals surface area contributed by atoms with Gasteiger partial charge in [0, 0.05) is 12.8 Å². The number of aliphatic hydroxyl groups excluding tert-OH is 3. The van der Waals surface area contributed by atoms with Gasteiger partial charge in [-0.1, -0.05) is 142 Å². The van der Waals surface area contributed by atoms with Crippen molar-refractivity contribution in [1.82, 2.24) is 0 Å². The molecule has 0 saturated carbocycles. The van der Waals surface area contributed by atoms with Crippen LogP contribution in [0.4, 0.5) is 0 Å². The molecule has 298 valence electrons. The molecule has 0 aliphatic carbocycles. The van der Waals surface area contributed by atoms with E-state index in [1.807, 2.05) is 0 Å². The third-order valence-corrected chi connectivity index (χ3v) is 9.36. The van der Waals surface area contributed by atoms with Gasteiger partial charge in [-0.05, 0) is 32.1 Å². The molecule has 1 fully saturated rings. The summed E-state index contributed by atoms with van der Waals surface area (Å²) in [6.45, 7) is 3.75. The molecule has 0 radical (unpaired) electrons. The van der Waals surface area contributed by atoms with Crippen molar-refractivity contribution < 1.29 is 53.8 Å². The van der Waals surface area contributed by atoms with Crippen molar-refractivity contribution in [2.24, 2.45) is 0 Å². The number of carboxylic acids is 1. The number of carboxylic acid groups (broad SMARTS) is 1. The largest absolute Gasteiger partial charge is 0.479 e. The molecule has 0 spiro atoms. The Morgan fingerprint density at radius 1 is 0.588 bits per heavy atom. The van der Waals surface area contributed by atoms with Crippen molar-refractivity contribution >= 4 is 17.9 Å². The number of unbranched alkanes of at least 4 members (excludes halogenated alkanes) is 20. The number of hydrogen-bond donors (Lipinski definition) is 4. The van der Waals surface area contributed by atoms with Gasteiger partial charge in [-0.2, -0.15) is 0 Å². The molecule has 6 unspecified atom stereocenters. The van der Waals surface area contributed by atoms with Crippen LogP contribution in [-0.2, 0) is 33.3 Å². The summed E-state index contributed by atoms with van der Waals surface area (Å²) in [5, 5.41) is 39.7. The lowest BCUT2D eigenvalue weighted by molar-refractivity contribution is -0.298. The average Bonchev–Trinajstić information content (AvgIpc) is 3.11. The quantitative estimate of drug-likeness (QED) is 0.0297. The summed E-state index contributed by atoms with van der Waals surface area (Å²) in [4.78, 5) is 36.6. The predicted octanol–water partition coefficient (Wildman–Crippen LogP) is 7.70. The van der Waals surface area contributed by atoms with Gasteiger partial charge in [-0.3, -0.25) is 9.59 Å². The molecule has 0 aromatic heterocycles. The Kier molecular flexibility index (Phi) is 29.0. The molecule has 0 aromatic carbocycles. The van der Waals surface area contributed by atoms with E-state index in [9.17, 15) is 34.8 Å². The lowest BCUT2D eigenvalue weighted by atomic mass is 9.99. The van der Waals surface area contributed by atoms with Crippen molar-refractivity contribution in [3.63, 3.8) is 0 Å². The minimum absolute atomic E-state index is 0.186. The predicted molar refractivity (Wildman–Crippen MR) is 197 cm³/mol. The smallest absolute Gasteiger partial charge is 0.335 e. The first kappa shape index (κ1) is 47.0. The van der Waals surface area contributed by atoms with E-state index in [0.717, 1.165) is 57.8 Å². The summed E-state index contributed by atoms with van der Waals surface area (Å²) in [6.07, 6.45) is 21.3. The van der Waals surface area contributed by atoms with Crippen LogP contribution in [0.1, 0.15) is 174 Å². The minimum atomic E-state index is -1.86. The van der Waals surface area contributed by atoms with Gasteiger partial charge >= 0.3 is 17.9 Å². The zero-order chi connectivity index (χ0) is 37.5. The van der Waals surface area contributed by atoms with E-state index < -0.39 is 54.7 Å². The lowest BCUT2D eigenvalue weighted by Crippen LogP contribution is -2.60. The molecule has 51 heavy (non-hydrogen) atoms. The Morgan fingerprint density at radius 3 is 1.59 bits per heavy atom. The molecule has 0 bridgehead atoms. The molecule has 4 N–H and O–H groups in total. The Morgan fingerprint density at radius 2 is 1.06 bits per heavy atom. The maximum absolute atomic E-state index is 12.7. The highest BCUT2D eigenvalue weighted by Gasteiger charge is 2.47. The second-order valence-electron chi connectivity index (χ2n) is 14.1. The van der Waals surface area contributed by atoms with Crippen LogP contribution in [0, 0.1) is 0 Å².